The smallest absolute Gasteiger partial charge is 0.414 e. The van der Waals surface area contributed by atoms with E-state index in [0.717, 1.165) is 11.1 Å². The fourth-order valence-electron chi connectivity index (χ4n) is 4.44. The molecule has 180 valence electrons. The predicted molar refractivity (Wildman–Crippen MR) is 130 cm³/mol. The van der Waals surface area contributed by atoms with Crippen LogP contribution in [0.15, 0.2) is 48.7 Å². The summed E-state index contributed by atoms with van der Waals surface area (Å²) < 4.78 is 10.5. The highest BCUT2D eigenvalue weighted by atomic mass is 16.6. The number of nitrogens with one attached hydrogen (secondary N) is 1. The van der Waals surface area contributed by atoms with Crippen LogP contribution in [-0.4, -0.2) is 48.4 Å². The number of ether oxygens (including phenoxy) is 2. The number of hydrogen-bond acceptors (Lipinski definition) is 5. The van der Waals surface area contributed by atoms with Crippen LogP contribution >= 0.6 is 0 Å². The van der Waals surface area contributed by atoms with Crippen LogP contribution < -0.4 is 10.1 Å². The van der Waals surface area contributed by atoms with E-state index in [4.69, 9.17) is 9.47 Å². The van der Waals surface area contributed by atoms with Crippen LogP contribution in [0.4, 0.5) is 4.79 Å². The lowest BCUT2D eigenvalue weighted by atomic mass is 9.79. The molecule has 1 N–H and O–H groups in total. The number of methoxy groups -OCH3 is 1. The van der Waals surface area contributed by atoms with E-state index in [2.05, 4.69) is 11.9 Å². The first-order valence-electron chi connectivity index (χ1n) is 11.3. The van der Waals surface area contributed by atoms with Crippen molar-refractivity contribution in [2.24, 2.45) is 0 Å². The molecule has 3 rings (SSSR count). The Labute approximate surface area is 200 Å². The van der Waals surface area contributed by atoms with Gasteiger partial charge in [0.1, 0.15) is 11.3 Å². The molecule has 1 aliphatic heterocycles. The van der Waals surface area contributed by atoms with Crippen LogP contribution in [0.3, 0.4) is 0 Å². The molecule has 0 spiro atoms. The Morgan fingerprint density at radius 2 is 1.65 bits per heavy atom. The fraction of sp³-hybridized carbons (Fsp3) is 0.370. The maximum atomic E-state index is 13.9. The van der Waals surface area contributed by atoms with Crippen LogP contribution in [-0.2, 0) is 4.74 Å². The maximum Gasteiger partial charge on any atom is 0.414 e. The maximum absolute atomic E-state index is 13.9. The third-order valence-corrected chi connectivity index (χ3v) is 6.16. The van der Waals surface area contributed by atoms with Crippen molar-refractivity contribution in [2.45, 2.75) is 46.1 Å². The first-order chi connectivity index (χ1) is 16.1. The lowest BCUT2D eigenvalue weighted by Gasteiger charge is -2.41. The van der Waals surface area contributed by atoms with Crippen LogP contribution in [0.25, 0.3) is 0 Å². The Bertz CT molecular complexity index is 1110. The molecule has 0 aromatic heterocycles. The molecule has 2 aromatic rings. The Morgan fingerprint density at radius 3 is 2.21 bits per heavy atom. The van der Waals surface area contributed by atoms with Gasteiger partial charge in [0.2, 0.25) is 0 Å². The summed E-state index contributed by atoms with van der Waals surface area (Å²) in [6, 6.07) is 10.9. The number of benzene rings is 2. The van der Waals surface area contributed by atoms with E-state index in [-0.39, 0.29) is 37.6 Å². The molecule has 2 aromatic carbocycles. The van der Waals surface area contributed by atoms with E-state index in [1.165, 1.54) is 4.90 Å². The number of allylic oxidation sites excluding steroid dienone is 1. The van der Waals surface area contributed by atoms with Gasteiger partial charge in [0.05, 0.1) is 12.9 Å². The largest absolute Gasteiger partial charge is 0.496 e. The number of carbonyl (C=O) groups excluding carboxylic acids is 3. The Balaban J connectivity index is 1.94. The molecule has 1 heterocycles. The van der Waals surface area contributed by atoms with Crippen LogP contribution in [0, 0.1) is 20.8 Å². The monoisotopic (exact) mass is 464 g/mol. The number of ketones is 1. The summed E-state index contributed by atoms with van der Waals surface area (Å²) in [7, 11) is 1.55. The summed E-state index contributed by atoms with van der Waals surface area (Å²) in [4.78, 5) is 41.2. The topological polar surface area (TPSA) is 84.9 Å². The summed E-state index contributed by atoms with van der Waals surface area (Å²) in [6.07, 6.45) is 0.0208. The summed E-state index contributed by atoms with van der Waals surface area (Å²) >= 11 is 0. The zero-order valence-corrected chi connectivity index (χ0v) is 20.5. The van der Waals surface area contributed by atoms with Gasteiger partial charge < -0.3 is 19.7 Å². The van der Waals surface area contributed by atoms with Crippen molar-refractivity contribution in [3.8, 4) is 5.75 Å². The van der Waals surface area contributed by atoms with Crippen molar-refractivity contribution in [1.82, 2.24) is 10.2 Å². The van der Waals surface area contributed by atoms with Gasteiger partial charge in [-0.25, -0.2) is 4.79 Å². The average molecular weight is 465 g/mol. The molecule has 1 aliphatic rings. The normalized spacial score (nSPS) is 14.8. The highest BCUT2D eigenvalue weighted by Crippen LogP contribution is 2.30. The molecular weight excluding hydrogens is 432 g/mol. The van der Waals surface area contributed by atoms with E-state index in [1.807, 2.05) is 39.0 Å². The lowest BCUT2D eigenvalue weighted by molar-refractivity contribution is 0.0617. The number of aryl methyl sites for hydroxylation is 2. The first-order valence-corrected chi connectivity index (χ1v) is 11.3. The van der Waals surface area contributed by atoms with Gasteiger partial charge in [-0.05, 0) is 64.8 Å². The minimum atomic E-state index is -1.16. The van der Waals surface area contributed by atoms with Gasteiger partial charge in [0.25, 0.3) is 5.91 Å². The zero-order chi connectivity index (χ0) is 25.0. The second-order valence-corrected chi connectivity index (χ2v) is 8.93. The van der Waals surface area contributed by atoms with E-state index >= 15 is 0 Å². The molecule has 0 bridgehead atoms. The summed E-state index contributed by atoms with van der Waals surface area (Å²) in [5.74, 6) is 0.378. The molecule has 0 saturated carbocycles. The SMILES string of the molecule is C=C(C)OC(=O)N1CCC(NC(=O)c2cccc(OC)c2C)(C(=O)c2cc(C)cc(C)c2)CC1. The third kappa shape index (κ3) is 5.30. The van der Waals surface area contributed by atoms with Gasteiger partial charge in [0, 0.05) is 29.8 Å². The second-order valence-electron chi connectivity index (χ2n) is 8.93. The van der Waals surface area contributed by atoms with Crippen LogP contribution in [0.5, 0.6) is 5.75 Å². The van der Waals surface area contributed by atoms with Gasteiger partial charge >= 0.3 is 6.09 Å². The van der Waals surface area contributed by atoms with Crippen molar-refractivity contribution in [3.05, 3.63) is 76.6 Å². The van der Waals surface area contributed by atoms with Crippen LogP contribution in [0.2, 0.25) is 0 Å². The van der Waals surface area contributed by atoms with Gasteiger partial charge in [-0.1, -0.05) is 29.8 Å². The highest BCUT2D eigenvalue weighted by Gasteiger charge is 2.44. The van der Waals surface area contributed by atoms with Gasteiger partial charge in [-0.2, -0.15) is 0 Å². The van der Waals surface area contributed by atoms with Crippen molar-refractivity contribution in [1.29, 1.82) is 0 Å². The molecule has 1 saturated heterocycles. The Hall–Kier alpha value is -3.61. The average Bonchev–Trinajstić information content (AvgIpc) is 2.78. The molecule has 0 aliphatic carbocycles. The van der Waals surface area contributed by atoms with Crippen molar-refractivity contribution in [3.63, 3.8) is 0 Å². The molecule has 0 atom stereocenters. The van der Waals surface area contributed by atoms with Crippen molar-refractivity contribution >= 4 is 17.8 Å². The standard InChI is InChI=1S/C27H32N2O5/c1-17(2)34-26(32)29-12-10-27(11-13-29,24(30)21-15-18(3)14-19(4)16-21)28-25(31)22-8-7-9-23(33-6)20(22)5/h7-9,14-16H,1,10-13H2,2-6H3,(H,28,31). The third-order valence-electron chi connectivity index (χ3n) is 6.16. The summed E-state index contributed by atoms with van der Waals surface area (Å²) in [5, 5.41) is 3.04. The van der Waals surface area contributed by atoms with Crippen LogP contribution in [0.1, 0.15) is 57.2 Å². The van der Waals surface area contributed by atoms with Gasteiger partial charge in [-0.15, -0.1) is 0 Å². The number of Topliss-reactive ketones (excluding diaryl/α,β-unsaturated/α-hetero) is 1. The number of hydrogen-bond donors (Lipinski definition) is 1. The minimum absolute atomic E-state index is 0.166. The van der Waals surface area contributed by atoms with E-state index in [9.17, 15) is 14.4 Å². The van der Waals surface area contributed by atoms with Gasteiger partial charge in [-0.3, -0.25) is 9.59 Å². The first kappa shape index (κ1) is 25.0. The summed E-state index contributed by atoms with van der Waals surface area (Å²) in [5.41, 5.74) is 2.45. The molecule has 7 nitrogen and oxygen atoms in total. The van der Waals surface area contributed by atoms with Crippen molar-refractivity contribution in [2.75, 3.05) is 20.2 Å². The predicted octanol–water partition coefficient (Wildman–Crippen LogP) is 4.74. The number of piperidine rings is 1. The van der Waals surface area contributed by atoms with E-state index < -0.39 is 11.6 Å². The van der Waals surface area contributed by atoms with Crippen molar-refractivity contribution < 1.29 is 23.9 Å². The Morgan fingerprint density at radius 1 is 1.03 bits per heavy atom. The van der Waals surface area contributed by atoms with E-state index in [1.54, 1.807) is 32.2 Å². The summed E-state index contributed by atoms with van der Waals surface area (Å²) in [6.45, 7) is 11.4. The quantitative estimate of drug-likeness (QED) is 0.493. The Kier molecular flexibility index (Phi) is 7.44. The minimum Gasteiger partial charge on any atom is -0.496 e. The lowest BCUT2D eigenvalue weighted by Crippen LogP contribution is -2.60. The molecular formula is C27H32N2O5. The zero-order valence-electron chi connectivity index (χ0n) is 20.5. The number of amides is 2. The van der Waals surface area contributed by atoms with Gasteiger partial charge in [0.15, 0.2) is 5.78 Å². The van der Waals surface area contributed by atoms with E-state index in [0.29, 0.717) is 28.2 Å². The number of carbonyl (C=O) groups is 3. The second kappa shape index (κ2) is 10.1. The fourth-order valence-corrected chi connectivity index (χ4v) is 4.44. The molecule has 2 amide bonds. The molecule has 1 fully saturated rings. The molecule has 0 radical (unpaired) electrons. The molecule has 0 unspecified atom stereocenters. The number of likely N-dealkylation sites (tertiary alicyclic amines) is 1. The molecule has 7 heteroatoms. The number of rotatable bonds is 6. The highest BCUT2D eigenvalue weighted by molar-refractivity contribution is 6.08. The molecule has 34 heavy (non-hydrogen) atoms. The number of nitrogens with zero attached hydrogens (tertiary/aromatic N) is 1.